The number of fused-ring (bicyclic) bond motifs is 1. The summed E-state index contributed by atoms with van der Waals surface area (Å²) >= 11 is 0. The summed E-state index contributed by atoms with van der Waals surface area (Å²) in [7, 11) is 0. The quantitative estimate of drug-likeness (QED) is 0.550. The lowest BCUT2D eigenvalue weighted by Gasteiger charge is -2.18. The molecule has 0 radical (unpaired) electrons. The number of aromatic amines is 1. The molecule has 1 aromatic heterocycles. The molecule has 3 heteroatoms. The van der Waals surface area contributed by atoms with Crippen LogP contribution in [-0.2, 0) is 6.54 Å². The first kappa shape index (κ1) is 5.92. The van der Waals surface area contributed by atoms with Gasteiger partial charge in [-0.3, -0.25) is 5.10 Å². The largest absolute Gasteiger partial charge is 0.312 e. The van der Waals surface area contributed by atoms with Gasteiger partial charge in [0.1, 0.15) is 0 Å². The lowest BCUT2D eigenvalue weighted by molar-refractivity contribution is 0.562. The van der Waals surface area contributed by atoms with Gasteiger partial charge in [0.2, 0.25) is 0 Å². The molecule has 0 fully saturated rings. The van der Waals surface area contributed by atoms with Crippen molar-refractivity contribution in [2.75, 3.05) is 6.54 Å². The second-order valence-corrected chi connectivity index (χ2v) is 2.84. The molecule has 0 aliphatic carbocycles. The molecule has 0 saturated heterocycles. The van der Waals surface area contributed by atoms with Crippen molar-refractivity contribution in [2.24, 2.45) is 0 Å². The summed E-state index contributed by atoms with van der Waals surface area (Å²) in [6.45, 7) is 4.23. The van der Waals surface area contributed by atoms with E-state index in [4.69, 9.17) is 0 Å². The molecular weight excluding hydrogens is 126 g/mol. The topological polar surface area (TPSA) is 40.7 Å². The summed E-state index contributed by atoms with van der Waals surface area (Å²) in [4.78, 5) is 0. The Morgan fingerprint density at radius 3 is 3.40 bits per heavy atom. The zero-order valence-corrected chi connectivity index (χ0v) is 6.02. The monoisotopic (exact) mass is 137 g/mol. The molecule has 2 heterocycles. The standard InChI is InChI=1S/C7H11N3/c1-5-2-8-3-6-4-9-10-7(5)6/h4-5,8H,2-3H2,1H3,(H,9,10)/t5-/m1/s1. The maximum absolute atomic E-state index is 3.99. The molecule has 3 nitrogen and oxygen atoms in total. The number of aromatic nitrogens is 2. The van der Waals surface area contributed by atoms with E-state index < -0.39 is 0 Å². The van der Waals surface area contributed by atoms with Crippen molar-refractivity contribution in [3.8, 4) is 0 Å². The van der Waals surface area contributed by atoms with Crippen LogP contribution in [0.15, 0.2) is 6.20 Å². The molecule has 1 aliphatic heterocycles. The van der Waals surface area contributed by atoms with E-state index in [9.17, 15) is 0 Å². The zero-order valence-electron chi connectivity index (χ0n) is 6.02. The minimum Gasteiger partial charge on any atom is -0.312 e. The maximum Gasteiger partial charge on any atom is 0.0535 e. The van der Waals surface area contributed by atoms with Crippen LogP contribution in [0.4, 0.5) is 0 Å². The Hall–Kier alpha value is -0.830. The lowest BCUT2D eigenvalue weighted by atomic mass is 10.0. The van der Waals surface area contributed by atoms with Gasteiger partial charge in [-0.2, -0.15) is 5.10 Å². The van der Waals surface area contributed by atoms with Crippen molar-refractivity contribution in [3.63, 3.8) is 0 Å². The van der Waals surface area contributed by atoms with E-state index >= 15 is 0 Å². The Balaban J connectivity index is 2.41. The van der Waals surface area contributed by atoms with Crippen LogP contribution in [0.5, 0.6) is 0 Å². The Bertz CT molecular complexity index is 229. The first-order chi connectivity index (χ1) is 4.88. The van der Waals surface area contributed by atoms with E-state index in [-0.39, 0.29) is 0 Å². The van der Waals surface area contributed by atoms with Crippen molar-refractivity contribution in [1.82, 2.24) is 15.5 Å². The van der Waals surface area contributed by atoms with Gasteiger partial charge < -0.3 is 5.32 Å². The van der Waals surface area contributed by atoms with Crippen LogP contribution in [0.1, 0.15) is 24.1 Å². The minimum absolute atomic E-state index is 0.589. The summed E-state index contributed by atoms with van der Waals surface area (Å²) < 4.78 is 0. The van der Waals surface area contributed by atoms with Gasteiger partial charge in [0.25, 0.3) is 0 Å². The lowest BCUT2D eigenvalue weighted by Crippen LogP contribution is -2.25. The van der Waals surface area contributed by atoms with Gasteiger partial charge in [-0.1, -0.05) is 6.92 Å². The average Bonchev–Trinajstić information content (AvgIpc) is 2.36. The fourth-order valence-electron chi connectivity index (χ4n) is 1.41. The molecule has 0 aromatic carbocycles. The van der Waals surface area contributed by atoms with Gasteiger partial charge in [0.05, 0.1) is 6.20 Å². The Morgan fingerprint density at radius 2 is 2.60 bits per heavy atom. The zero-order chi connectivity index (χ0) is 6.97. The third-order valence-corrected chi connectivity index (χ3v) is 2.01. The van der Waals surface area contributed by atoms with Crippen molar-refractivity contribution < 1.29 is 0 Å². The van der Waals surface area contributed by atoms with Gasteiger partial charge in [0.15, 0.2) is 0 Å². The molecule has 1 aromatic rings. The van der Waals surface area contributed by atoms with E-state index in [2.05, 4.69) is 22.4 Å². The Kier molecular flexibility index (Phi) is 1.24. The van der Waals surface area contributed by atoms with Gasteiger partial charge >= 0.3 is 0 Å². The van der Waals surface area contributed by atoms with Crippen molar-refractivity contribution >= 4 is 0 Å². The minimum atomic E-state index is 0.589. The van der Waals surface area contributed by atoms with Crippen molar-refractivity contribution in [3.05, 3.63) is 17.5 Å². The third-order valence-electron chi connectivity index (χ3n) is 2.01. The number of hydrogen-bond donors (Lipinski definition) is 2. The first-order valence-electron chi connectivity index (χ1n) is 3.61. The number of nitrogens with one attached hydrogen (secondary N) is 2. The van der Waals surface area contributed by atoms with Crippen LogP contribution in [0.25, 0.3) is 0 Å². The smallest absolute Gasteiger partial charge is 0.0535 e. The van der Waals surface area contributed by atoms with E-state index in [1.54, 1.807) is 0 Å². The number of nitrogens with zero attached hydrogens (tertiary/aromatic N) is 1. The van der Waals surface area contributed by atoms with Crippen LogP contribution in [0.2, 0.25) is 0 Å². The normalized spacial score (nSPS) is 24.3. The van der Waals surface area contributed by atoms with Crippen molar-refractivity contribution in [2.45, 2.75) is 19.4 Å². The van der Waals surface area contributed by atoms with E-state index in [0.717, 1.165) is 13.1 Å². The molecular formula is C7H11N3. The van der Waals surface area contributed by atoms with Crippen LogP contribution < -0.4 is 5.32 Å². The molecule has 0 saturated carbocycles. The second-order valence-electron chi connectivity index (χ2n) is 2.84. The number of hydrogen-bond acceptors (Lipinski definition) is 2. The highest BCUT2D eigenvalue weighted by Crippen LogP contribution is 2.19. The first-order valence-corrected chi connectivity index (χ1v) is 3.61. The molecule has 2 N–H and O–H groups in total. The SMILES string of the molecule is C[C@@H]1CNCc2cn[nH]c21. The van der Waals surface area contributed by atoms with Gasteiger partial charge in [-0.25, -0.2) is 0 Å². The highest BCUT2D eigenvalue weighted by atomic mass is 15.1. The molecule has 0 unspecified atom stereocenters. The molecule has 0 amide bonds. The molecule has 1 atom stereocenters. The Morgan fingerprint density at radius 1 is 1.70 bits per heavy atom. The number of H-pyrrole nitrogens is 1. The molecule has 2 rings (SSSR count). The summed E-state index contributed by atoms with van der Waals surface area (Å²) in [6, 6.07) is 0. The van der Waals surface area contributed by atoms with Gasteiger partial charge in [-0.15, -0.1) is 0 Å². The fourth-order valence-corrected chi connectivity index (χ4v) is 1.41. The number of rotatable bonds is 0. The summed E-state index contributed by atoms with van der Waals surface area (Å²) in [6.07, 6.45) is 1.90. The van der Waals surface area contributed by atoms with Crippen molar-refractivity contribution in [1.29, 1.82) is 0 Å². The summed E-state index contributed by atoms with van der Waals surface area (Å²) in [5.41, 5.74) is 2.62. The summed E-state index contributed by atoms with van der Waals surface area (Å²) in [5.74, 6) is 0.589. The summed E-state index contributed by atoms with van der Waals surface area (Å²) in [5, 5.41) is 10.3. The maximum atomic E-state index is 3.99. The predicted molar refractivity (Wildman–Crippen MR) is 38.7 cm³/mol. The average molecular weight is 137 g/mol. The molecule has 0 spiro atoms. The van der Waals surface area contributed by atoms with Gasteiger partial charge in [-0.05, 0) is 0 Å². The highest BCUT2D eigenvalue weighted by molar-refractivity contribution is 5.22. The molecule has 10 heavy (non-hydrogen) atoms. The van der Waals surface area contributed by atoms with Crippen LogP contribution in [0.3, 0.4) is 0 Å². The van der Waals surface area contributed by atoms with E-state index in [0.29, 0.717) is 5.92 Å². The molecule has 1 aliphatic rings. The Labute approximate surface area is 59.8 Å². The van der Waals surface area contributed by atoms with Gasteiger partial charge in [0, 0.05) is 30.3 Å². The van der Waals surface area contributed by atoms with Crippen LogP contribution >= 0.6 is 0 Å². The van der Waals surface area contributed by atoms with Crippen LogP contribution in [-0.4, -0.2) is 16.7 Å². The molecule has 0 bridgehead atoms. The van der Waals surface area contributed by atoms with E-state index in [1.165, 1.54) is 11.3 Å². The third kappa shape index (κ3) is 0.743. The second kappa shape index (κ2) is 2.09. The highest BCUT2D eigenvalue weighted by Gasteiger charge is 2.16. The van der Waals surface area contributed by atoms with E-state index in [1.807, 2.05) is 6.20 Å². The van der Waals surface area contributed by atoms with Crippen LogP contribution in [0, 0.1) is 0 Å². The predicted octanol–water partition coefficient (Wildman–Crippen LogP) is 0.616. The molecule has 54 valence electrons. The fraction of sp³-hybridized carbons (Fsp3) is 0.571.